The van der Waals surface area contributed by atoms with Crippen LogP contribution in [0.5, 0.6) is 5.75 Å². The molecule has 0 fully saturated rings. The van der Waals surface area contributed by atoms with Gasteiger partial charge in [-0.1, -0.05) is 6.07 Å². The normalized spacial score (nSPS) is 10.6. The van der Waals surface area contributed by atoms with E-state index in [-0.39, 0.29) is 18.4 Å². The van der Waals surface area contributed by atoms with Crippen LogP contribution in [-0.2, 0) is 4.74 Å². The van der Waals surface area contributed by atoms with Gasteiger partial charge in [0.15, 0.2) is 11.6 Å². The van der Waals surface area contributed by atoms with Crippen molar-refractivity contribution in [3.05, 3.63) is 60.5 Å². The lowest BCUT2D eigenvalue weighted by Gasteiger charge is -2.11. The summed E-state index contributed by atoms with van der Waals surface area (Å²) in [6.07, 6.45) is 1.09. The monoisotopic (exact) mass is 399 g/mol. The minimum absolute atomic E-state index is 0.0114. The molecule has 9 heteroatoms. The number of benzene rings is 2. The number of nitrogens with two attached hydrogens (primary N) is 1. The summed E-state index contributed by atoms with van der Waals surface area (Å²) in [5.41, 5.74) is 7.64. The van der Waals surface area contributed by atoms with Crippen molar-refractivity contribution in [2.24, 2.45) is 0 Å². The number of aliphatic hydroxyl groups is 1. The molecule has 1 aromatic heterocycles. The molecule has 0 spiro atoms. The van der Waals surface area contributed by atoms with Crippen LogP contribution in [0.2, 0.25) is 0 Å². The van der Waals surface area contributed by atoms with Gasteiger partial charge in [0.1, 0.15) is 12.4 Å². The zero-order valence-corrected chi connectivity index (χ0v) is 15.6. The van der Waals surface area contributed by atoms with Crippen LogP contribution in [-0.4, -0.2) is 41.5 Å². The summed E-state index contributed by atoms with van der Waals surface area (Å²) >= 11 is 0. The first-order valence-corrected chi connectivity index (χ1v) is 8.97. The lowest BCUT2D eigenvalue weighted by Crippen LogP contribution is -2.09. The molecule has 0 radical (unpaired) electrons. The van der Waals surface area contributed by atoms with Crippen molar-refractivity contribution in [3.63, 3.8) is 0 Å². The van der Waals surface area contributed by atoms with E-state index in [1.165, 1.54) is 0 Å². The maximum Gasteiger partial charge on any atom is 0.229 e. The molecule has 0 saturated heterocycles. The average Bonchev–Trinajstić information content (AvgIpc) is 2.72. The standard InChI is InChI=1S/C20H22FN5O3/c21-18-13-23-20(26-19(18)24-16-3-1-2-14(22)12-16)25-15-4-6-17(7-5-15)29-11-10-28-9-8-27/h1-7,12-13,27H,8-11,22H2,(H2,23,24,25,26). The van der Waals surface area contributed by atoms with E-state index in [0.717, 1.165) is 11.9 Å². The van der Waals surface area contributed by atoms with Crippen LogP contribution in [0.15, 0.2) is 54.7 Å². The fourth-order valence-electron chi connectivity index (χ4n) is 2.42. The molecule has 0 aliphatic rings. The first-order valence-electron chi connectivity index (χ1n) is 8.97. The second kappa shape index (κ2) is 10.2. The maximum atomic E-state index is 14.1. The Labute approximate surface area is 167 Å². The number of anilines is 5. The molecule has 0 saturated carbocycles. The second-order valence-corrected chi connectivity index (χ2v) is 5.97. The zero-order valence-electron chi connectivity index (χ0n) is 15.6. The van der Waals surface area contributed by atoms with E-state index in [0.29, 0.717) is 36.9 Å². The highest BCUT2D eigenvalue weighted by atomic mass is 19.1. The van der Waals surface area contributed by atoms with Gasteiger partial charge in [-0.25, -0.2) is 9.37 Å². The predicted molar refractivity (Wildman–Crippen MR) is 109 cm³/mol. The van der Waals surface area contributed by atoms with Gasteiger partial charge in [-0.15, -0.1) is 0 Å². The number of halogens is 1. The summed E-state index contributed by atoms with van der Waals surface area (Å²) in [7, 11) is 0. The predicted octanol–water partition coefficient (Wildman–Crippen LogP) is 3.07. The van der Waals surface area contributed by atoms with Gasteiger partial charge < -0.3 is 30.9 Å². The number of nitrogens with one attached hydrogen (secondary N) is 2. The number of aliphatic hydroxyl groups excluding tert-OH is 1. The Kier molecular flexibility index (Phi) is 7.15. The van der Waals surface area contributed by atoms with Crippen molar-refractivity contribution < 1.29 is 19.0 Å². The fraction of sp³-hybridized carbons (Fsp3) is 0.200. The van der Waals surface area contributed by atoms with Crippen LogP contribution in [0.3, 0.4) is 0 Å². The molecule has 3 rings (SSSR count). The molecule has 8 nitrogen and oxygen atoms in total. The van der Waals surface area contributed by atoms with Crippen LogP contribution in [0.25, 0.3) is 0 Å². The molecule has 0 aliphatic carbocycles. The quantitative estimate of drug-likeness (QED) is 0.304. The average molecular weight is 399 g/mol. The van der Waals surface area contributed by atoms with Crippen molar-refractivity contribution in [2.75, 3.05) is 42.8 Å². The Hall–Kier alpha value is -3.43. The van der Waals surface area contributed by atoms with E-state index in [4.69, 9.17) is 20.3 Å². The molecule has 152 valence electrons. The number of nitrogens with zero attached hydrogens (tertiary/aromatic N) is 2. The van der Waals surface area contributed by atoms with Gasteiger partial charge in [0, 0.05) is 17.1 Å². The van der Waals surface area contributed by atoms with E-state index in [2.05, 4.69) is 20.6 Å². The largest absolute Gasteiger partial charge is 0.491 e. The summed E-state index contributed by atoms with van der Waals surface area (Å²) in [4.78, 5) is 8.14. The topological polar surface area (TPSA) is 115 Å². The SMILES string of the molecule is Nc1cccc(Nc2nc(Nc3ccc(OCCOCCO)cc3)ncc2F)c1. The van der Waals surface area contributed by atoms with E-state index in [9.17, 15) is 4.39 Å². The third kappa shape index (κ3) is 6.30. The first-order chi connectivity index (χ1) is 14.1. The number of hydrogen-bond acceptors (Lipinski definition) is 8. The highest BCUT2D eigenvalue weighted by Crippen LogP contribution is 2.22. The number of ether oxygens (including phenoxy) is 2. The van der Waals surface area contributed by atoms with E-state index >= 15 is 0 Å². The Morgan fingerprint density at radius 2 is 1.83 bits per heavy atom. The number of nitrogen functional groups attached to an aromatic ring is 1. The Bertz CT molecular complexity index is 924. The van der Waals surface area contributed by atoms with E-state index < -0.39 is 5.82 Å². The van der Waals surface area contributed by atoms with Crippen molar-refractivity contribution in [1.29, 1.82) is 0 Å². The zero-order chi connectivity index (χ0) is 20.5. The van der Waals surface area contributed by atoms with Gasteiger partial charge >= 0.3 is 0 Å². The minimum atomic E-state index is -0.579. The van der Waals surface area contributed by atoms with Crippen LogP contribution in [0, 0.1) is 5.82 Å². The lowest BCUT2D eigenvalue weighted by molar-refractivity contribution is 0.0705. The van der Waals surface area contributed by atoms with Crippen LogP contribution < -0.4 is 21.1 Å². The molecule has 0 atom stereocenters. The minimum Gasteiger partial charge on any atom is -0.491 e. The van der Waals surface area contributed by atoms with Crippen molar-refractivity contribution in [1.82, 2.24) is 9.97 Å². The molecule has 1 heterocycles. The summed E-state index contributed by atoms with van der Waals surface area (Å²) in [5.74, 6) is 0.372. The number of aromatic nitrogens is 2. The van der Waals surface area contributed by atoms with Crippen LogP contribution in [0.1, 0.15) is 0 Å². The molecule has 2 aromatic carbocycles. The van der Waals surface area contributed by atoms with Crippen molar-refractivity contribution in [3.8, 4) is 5.75 Å². The number of rotatable bonds is 10. The molecule has 0 bridgehead atoms. The molecule has 3 aromatic rings. The smallest absolute Gasteiger partial charge is 0.229 e. The summed E-state index contributed by atoms with van der Waals surface area (Å²) < 4.78 is 24.7. The molecule has 0 aliphatic heterocycles. The van der Waals surface area contributed by atoms with Gasteiger partial charge in [0.25, 0.3) is 0 Å². The summed E-state index contributed by atoms with van der Waals surface area (Å²) in [6.45, 7) is 1.06. The highest BCUT2D eigenvalue weighted by molar-refractivity contribution is 5.63. The second-order valence-electron chi connectivity index (χ2n) is 5.97. The molecular formula is C20H22FN5O3. The van der Waals surface area contributed by atoms with E-state index in [1.807, 2.05) is 0 Å². The van der Waals surface area contributed by atoms with Gasteiger partial charge in [-0.05, 0) is 42.5 Å². The molecule has 5 N–H and O–H groups in total. The Balaban J connectivity index is 1.60. The van der Waals surface area contributed by atoms with Crippen LogP contribution in [0.4, 0.5) is 33.2 Å². The van der Waals surface area contributed by atoms with Gasteiger partial charge in [0.05, 0.1) is 26.0 Å². The highest BCUT2D eigenvalue weighted by Gasteiger charge is 2.08. The maximum absolute atomic E-state index is 14.1. The first kappa shape index (κ1) is 20.3. The van der Waals surface area contributed by atoms with Gasteiger partial charge in [-0.2, -0.15) is 4.98 Å². The third-order valence-electron chi connectivity index (χ3n) is 3.74. The van der Waals surface area contributed by atoms with Gasteiger partial charge in [0.2, 0.25) is 5.95 Å². The summed E-state index contributed by atoms with van der Waals surface area (Å²) in [5, 5.41) is 14.5. The lowest BCUT2D eigenvalue weighted by atomic mass is 10.3. The third-order valence-corrected chi connectivity index (χ3v) is 3.74. The molecule has 29 heavy (non-hydrogen) atoms. The summed E-state index contributed by atoms with van der Waals surface area (Å²) in [6, 6.07) is 14.1. The Morgan fingerprint density at radius 1 is 1.00 bits per heavy atom. The molecular weight excluding hydrogens is 377 g/mol. The molecule has 0 amide bonds. The van der Waals surface area contributed by atoms with Crippen molar-refractivity contribution in [2.45, 2.75) is 0 Å². The Morgan fingerprint density at radius 3 is 2.59 bits per heavy atom. The number of hydrogen-bond donors (Lipinski definition) is 4. The van der Waals surface area contributed by atoms with Crippen LogP contribution >= 0.6 is 0 Å². The molecule has 0 unspecified atom stereocenters. The van der Waals surface area contributed by atoms with E-state index in [1.54, 1.807) is 48.5 Å². The fourth-order valence-corrected chi connectivity index (χ4v) is 2.42. The van der Waals surface area contributed by atoms with Gasteiger partial charge in [-0.3, -0.25) is 0 Å². The van der Waals surface area contributed by atoms with Crippen molar-refractivity contribution >= 4 is 28.8 Å².